The maximum Gasteiger partial charge on any atom is 0.348 e. The third kappa shape index (κ3) is 3.57. The van der Waals surface area contributed by atoms with E-state index in [0.717, 1.165) is 22.4 Å². The third-order valence-electron chi connectivity index (χ3n) is 4.40. The Labute approximate surface area is 171 Å². The molecule has 0 spiro atoms. The van der Waals surface area contributed by atoms with Gasteiger partial charge >= 0.3 is 5.97 Å². The normalized spacial score (nSPS) is 10.5. The second-order valence-electron chi connectivity index (χ2n) is 6.16. The van der Waals surface area contributed by atoms with Gasteiger partial charge in [0.15, 0.2) is 0 Å². The van der Waals surface area contributed by atoms with E-state index in [4.69, 9.17) is 15.3 Å². The zero-order valence-electron chi connectivity index (χ0n) is 15.6. The molecule has 0 unspecified atom stereocenters. The fourth-order valence-corrected chi connectivity index (χ4v) is 4.19. The average Bonchev–Trinajstić information content (AvgIpc) is 3.13. The zero-order chi connectivity index (χ0) is 20.2. The molecule has 0 bridgehead atoms. The van der Waals surface area contributed by atoms with Gasteiger partial charge in [-0.15, -0.1) is 11.3 Å². The summed E-state index contributed by atoms with van der Waals surface area (Å²) in [7, 11) is 0. The lowest BCUT2D eigenvalue weighted by atomic mass is 9.99. The molecule has 2 heterocycles. The summed E-state index contributed by atoms with van der Waals surface area (Å²) < 4.78 is 5.17. The molecule has 142 valence electrons. The number of esters is 1. The van der Waals surface area contributed by atoms with Crippen molar-refractivity contribution in [1.29, 1.82) is 0 Å². The fourth-order valence-electron chi connectivity index (χ4n) is 3.16. The molecule has 0 fully saturated rings. The van der Waals surface area contributed by atoms with E-state index in [-0.39, 0.29) is 17.2 Å². The number of benzene rings is 2. The highest BCUT2D eigenvalue weighted by molar-refractivity contribution is 7.21. The summed E-state index contributed by atoms with van der Waals surface area (Å²) in [4.78, 5) is 21.1. The summed E-state index contributed by atoms with van der Waals surface area (Å²) in [6.45, 7) is 1.97. The molecule has 0 aliphatic rings. The van der Waals surface area contributed by atoms with Crippen molar-refractivity contribution in [3.8, 4) is 22.4 Å². The van der Waals surface area contributed by atoms with Gasteiger partial charge in [0.2, 0.25) is 0 Å². The van der Waals surface area contributed by atoms with Crippen LogP contribution in [0.25, 0.3) is 43.0 Å². The largest absolute Gasteiger partial charge is 0.462 e. The lowest BCUT2D eigenvalue weighted by molar-refractivity contribution is 0.0533. The number of carbonyl (C=O) groups is 1. The molecular weight excluding hydrogens is 384 g/mol. The molecule has 0 aliphatic carbocycles. The predicted molar refractivity (Wildman–Crippen MR) is 115 cm³/mol. The number of ether oxygens (including phenoxy) is 1. The molecule has 2 aromatic heterocycles. The molecule has 0 saturated carbocycles. The van der Waals surface area contributed by atoms with Crippen molar-refractivity contribution in [2.45, 2.75) is 6.92 Å². The molecule has 0 amide bonds. The van der Waals surface area contributed by atoms with E-state index in [1.165, 1.54) is 11.3 Å². The van der Waals surface area contributed by atoms with Gasteiger partial charge in [0, 0.05) is 15.9 Å². The summed E-state index contributed by atoms with van der Waals surface area (Å²) in [6, 6.07) is 21.6. The average molecular weight is 400 g/mol. The van der Waals surface area contributed by atoms with Crippen LogP contribution in [0.5, 0.6) is 0 Å². The molecule has 0 N–H and O–H groups in total. The van der Waals surface area contributed by atoms with Crippen LogP contribution in [-0.4, -0.2) is 17.6 Å². The van der Waals surface area contributed by atoms with Crippen molar-refractivity contribution in [2.24, 2.45) is 5.11 Å². The number of pyridine rings is 1. The van der Waals surface area contributed by atoms with Gasteiger partial charge in [0.1, 0.15) is 9.71 Å². The van der Waals surface area contributed by atoms with E-state index < -0.39 is 5.97 Å². The van der Waals surface area contributed by atoms with E-state index in [0.29, 0.717) is 10.2 Å². The van der Waals surface area contributed by atoms with Gasteiger partial charge in [-0.05, 0) is 29.6 Å². The second kappa shape index (κ2) is 8.14. The lowest BCUT2D eigenvalue weighted by Gasteiger charge is -2.09. The molecule has 2 aromatic carbocycles. The topological polar surface area (TPSA) is 88.0 Å². The van der Waals surface area contributed by atoms with E-state index in [9.17, 15) is 4.79 Å². The summed E-state index contributed by atoms with van der Waals surface area (Å²) >= 11 is 1.18. The lowest BCUT2D eigenvalue weighted by Crippen LogP contribution is -2.02. The molecule has 4 rings (SSSR count). The number of aromatic nitrogens is 1. The third-order valence-corrected chi connectivity index (χ3v) is 5.45. The van der Waals surface area contributed by atoms with Gasteiger partial charge in [-0.25, -0.2) is 9.78 Å². The molecule has 0 saturated heterocycles. The van der Waals surface area contributed by atoms with Crippen molar-refractivity contribution in [3.05, 3.63) is 82.1 Å². The number of nitrogens with zero attached hydrogens (tertiary/aromatic N) is 4. The Bertz CT molecular complexity index is 1230. The summed E-state index contributed by atoms with van der Waals surface area (Å²) in [6.07, 6.45) is 0. The Hall–Kier alpha value is -3.67. The van der Waals surface area contributed by atoms with Gasteiger partial charge in [-0.3, -0.25) is 0 Å². The Morgan fingerprint density at radius 3 is 2.38 bits per heavy atom. The summed E-state index contributed by atoms with van der Waals surface area (Å²) in [5.41, 5.74) is 12.9. The first-order valence-electron chi connectivity index (χ1n) is 9.03. The highest BCUT2D eigenvalue weighted by atomic mass is 32.1. The van der Waals surface area contributed by atoms with Crippen LogP contribution >= 0.6 is 11.3 Å². The standard InChI is InChI=1S/C22H16N4O2S/c1-2-28-22(27)20-19(25-26-23)18-16(14-9-5-3-6-10-14)13-17(24-21(18)29-20)15-11-7-4-8-12-15/h3-13H,2H2,1H3. The summed E-state index contributed by atoms with van der Waals surface area (Å²) in [5.74, 6) is -0.516. The molecule has 0 radical (unpaired) electrons. The van der Waals surface area contributed by atoms with Crippen LogP contribution in [0.2, 0.25) is 0 Å². The minimum atomic E-state index is -0.516. The van der Waals surface area contributed by atoms with Crippen LogP contribution in [0.15, 0.2) is 71.8 Å². The number of hydrogen-bond acceptors (Lipinski definition) is 5. The Balaban J connectivity index is 2.07. The van der Waals surface area contributed by atoms with Crippen molar-refractivity contribution < 1.29 is 9.53 Å². The highest BCUT2D eigenvalue weighted by Gasteiger charge is 2.23. The van der Waals surface area contributed by atoms with E-state index in [1.54, 1.807) is 6.92 Å². The first kappa shape index (κ1) is 18.7. The van der Waals surface area contributed by atoms with Gasteiger partial charge in [0.25, 0.3) is 0 Å². The molecule has 4 aromatic rings. The quantitative estimate of drug-likeness (QED) is 0.161. The van der Waals surface area contributed by atoms with Crippen LogP contribution in [-0.2, 0) is 4.74 Å². The second-order valence-corrected chi connectivity index (χ2v) is 7.16. The van der Waals surface area contributed by atoms with Crippen LogP contribution in [0, 0.1) is 0 Å². The number of azide groups is 1. The molecule has 6 nitrogen and oxygen atoms in total. The molecule has 0 aliphatic heterocycles. The Morgan fingerprint density at radius 2 is 1.76 bits per heavy atom. The number of thiophene rings is 1. The van der Waals surface area contributed by atoms with Crippen molar-refractivity contribution in [1.82, 2.24) is 4.98 Å². The van der Waals surface area contributed by atoms with Gasteiger partial charge in [0.05, 0.1) is 18.0 Å². The van der Waals surface area contributed by atoms with Crippen LogP contribution in [0.1, 0.15) is 16.6 Å². The monoisotopic (exact) mass is 400 g/mol. The summed E-state index contributed by atoms with van der Waals surface area (Å²) in [5, 5.41) is 4.49. The number of carbonyl (C=O) groups excluding carboxylic acids is 1. The number of fused-ring (bicyclic) bond motifs is 1. The fraction of sp³-hybridized carbons (Fsp3) is 0.0909. The minimum absolute atomic E-state index is 0.233. The van der Waals surface area contributed by atoms with E-state index in [2.05, 4.69) is 10.0 Å². The SMILES string of the molecule is CCOC(=O)c1sc2nc(-c3ccccc3)cc(-c3ccccc3)c2c1N=[N+]=[N-]. The zero-order valence-corrected chi connectivity index (χ0v) is 16.4. The maximum absolute atomic E-state index is 12.5. The van der Waals surface area contributed by atoms with E-state index in [1.807, 2.05) is 66.7 Å². The van der Waals surface area contributed by atoms with Gasteiger partial charge < -0.3 is 4.74 Å². The van der Waals surface area contributed by atoms with Crippen LogP contribution in [0.3, 0.4) is 0 Å². The van der Waals surface area contributed by atoms with Crippen molar-refractivity contribution in [2.75, 3.05) is 6.61 Å². The first-order valence-corrected chi connectivity index (χ1v) is 9.85. The number of rotatable bonds is 5. The van der Waals surface area contributed by atoms with Crippen LogP contribution in [0.4, 0.5) is 5.69 Å². The van der Waals surface area contributed by atoms with E-state index >= 15 is 0 Å². The molecule has 0 atom stereocenters. The first-order chi connectivity index (χ1) is 14.2. The van der Waals surface area contributed by atoms with Gasteiger partial charge in [-0.1, -0.05) is 65.8 Å². The molecule has 7 heteroatoms. The smallest absolute Gasteiger partial charge is 0.348 e. The molecular formula is C22H16N4O2S. The minimum Gasteiger partial charge on any atom is -0.462 e. The van der Waals surface area contributed by atoms with Crippen molar-refractivity contribution in [3.63, 3.8) is 0 Å². The van der Waals surface area contributed by atoms with Crippen LogP contribution < -0.4 is 0 Å². The predicted octanol–water partition coefficient (Wildman–Crippen LogP) is 6.75. The van der Waals surface area contributed by atoms with Crippen molar-refractivity contribution >= 4 is 33.2 Å². The number of hydrogen-bond donors (Lipinski definition) is 0. The Kier molecular flexibility index (Phi) is 5.24. The Morgan fingerprint density at radius 1 is 1.10 bits per heavy atom. The molecule has 29 heavy (non-hydrogen) atoms. The van der Waals surface area contributed by atoms with Gasteiger partial charge in [-0.2, -0.15) is 0 Å². The maximum atomic E-state index is 12.5. The highest BCUT2D eigenvalue weighted by Crippen LogP contribution is 2.44.